The molecule has 0 saturated carbocycles. The van der Waals surface area contributed by atoms with E-state index >= 15 is 0 Å². The molecular formula is C9H14BrClN2OS. The van der Waals surface area contributed by atoms with Crippen molar-refractivity contribution in [3.05, 3.63) is 20.8 Å². The number of hydrogen-bond acceptors (Lipinski definition) is 3. The van der Waals surface area contributed by atoms with Gasteiger partial charge in [0.15, 0.2) is 0 Å². The summed E-state index contributed by atoms with van der Waals surface area (Å²) in [5.41, 5.74) is 6.21. The smallest absolute Gasteiger partial charge is 0.254 e. The Kier molecular flexibility index (Phi) is 6.43. The molecule has 0 aliphatic heterocycles. The molecule has 1 unspecified atom stereocenters. The van der Waals surface area contributed by atoms with Gasteiger partial charge in [-0.25, -0.2) is 0 Å². The lowest BCUT2D eigenvalue weighted by Crippen LogP contribution is -2.39. The van der Waals surface area contributed by atoms with Crippen LogP contribution in [0.1, 0.15) is 17.3 Å². The molecule has 15 heavy (non-hydrogen) atoms. The first-order valence-corrected chi connectivity index (χ1v) is 5.94. The summed E-state index contributed by atoms with van der Waals surface area (Å²) in [6.45, 7) is 2.41. The zero-order chi connectivity index (χ0) is 10.7. The maximum Gasteiger partial charge on any atom is 0.254 e. The minimum atomic E-state index is 0. The lowest BCUT2D eigenvalue weighted by Gasteiger charge is -2.22. The maximum absolute atomic E-state index is 11.8. The molecule has 3 nitrogen and oxygen atoms in total. The van der Waals surface area contributed by atoms with Crippen LogP contribution in [0.15, 0.2) is 15.2 Å². The van der Waals surface area contributed by atoms with Crippen LogP contribution in [0.4, 0.5) is 0 Å². The van der Waals surface area contributed by atoms with E-state index in [2.05, 4.69) is 15.9 Å². The van der Waals surface area contributed by atoms with Crippen molar-refractivity contribution < 1.29 is 4.79 Å². The first-order valence-electron chi connectivity index (χ1n) is 4.27. The third-order valence-corrected chi connectivity index (χ3v) is 3.64. The summed E-state index contributed by atoms with van der Waals surface area (Å²) in [5, 5.41) is 1.84. The fourth-order valence-electron chi connectivity index (χ4n) is 0.984. The largest absolute Gasteiger partial charge is 0.338 e. The van der Waals surface area contributed by atoms with Gasteiger partial charge in [0.05, 0.1) is 9.35 Å². The molecule has 1 amide bonds. The van der Waals surface area contributed by atoms with Crippen molar-refractivity contribution in [2.75, 3.05) is 13.6 Å². The van der Waals surface area contributed by atoms with Crippen LogP contribution in [0.5, 0.6) is 0 Å². The molecule has 0 aliphatic carbocycles. The van der Waals surface area contributed by atoms with E-state index in [1.807, 2.05) is 18.4 Å². The number of amides is 1. The molecule has 1 aromatic rings. The topological polar surface area (TPSA) is 46.3 Å². The van der Waals surface area contributed by atoms with E-state index in [9.17, 15) is 4.79 Å². The first kappa shape index (κ1) is 14.9. The predicted octanol–water partition coefficient (Wildman–Crippen LogP) is 2.35. The summed E-state index contributed by atoms with van der Waals surface area (Å²) in [6, 6.07) is 1.90. The van der Waals surface area contributed by atoms with Crippen LogP contribution < -0.4 is 5.73 Å². The van der Waals surface area contributed by atoms with Crippen LogP contribution >= 0.6 is 39.7 Å². The third-order valence-electron chi connectivity index (χ3n) is 2.14. The van der Waals surface area contributed by atoms with E-state index in [-0.39, 0.29) is 24.4 Å². The highest BCUT2D eigenvalue weighted by molar-refractivity contribution is 9.11. The lowest BCUT2D eigenvalue weighted by molar-refractivity contribution is 0.0749. The van der Waals surface area contributed by atoms with Gasteiger partial charge in [-0.05, 0) is 28.9 Å². The van der Waals surface area contributed by atoms with Gasteiger partial charge in [-0.1, -0.05) is 0 Å². The van der Waals surface area contributed by atoms with Gasteiger partial charge in [0.25, 0.3) is 5.91 Å². The summed E-state index contributed by atoms with van der Waals surface area (Å²) >= 11 is 4.83. The van der Waals surface area contributed by atoms with Crippen molar-refractivity contribution in [2.45, 2.75) is 13.0 Å². The highest BCUT2D eigenvalue weighted by Crippen LogP contribution is 2.21. The van der Waals surface area contributed by atoms with Gasteiger partial charge in [-0.3, -0.25) is 4.79 Å². The van der Waals surface area contributed by atoms with Gasteiger partial charge in [-0.2, -0.15) is 0 Å². The molecule has 0 saturated heterocycles. The van der Waals surface area contributed by atoms with Gasteiger partial charge < -0.3 is 10.6 Å². The van der Waals surface area contributed by atoms with Crippen molar-refractivity contribution in [1.29, 1.82) is 0 Å². The van der Waals surface area contributed by atoms with Crippen LogP contribution in [0, 0.1) is 0 Å². The molecule has 1 rings (SSSR count). The zero-order valence-corrected chi connectivity index (χ0v) is 11.8. The number of likely N-dealkylation sites (N-methyl/N-ethyl adjacent to an activating group) is 1. The van der Waals surface area contributed by atoms with Crippen molar-refractivity contribution in [3.63, 3.8) is 0 Å². The van der Waals surface area contributed by atoms with E-state index in [0.29, 0.717) is 12.1 Å². The fraction of sp³-hybridized carbons (Fsp3) is 0.444. The van der Waals surface area contributed by atoms with Crippen molar-refractivity contribution in [1.82, 2.24) is 4.90 Å². The van der Waals surface area contributed by atoms with Crippen molar-refractivity contribution in [2.24, 2.45) is 5.73 Å². The molecule has 0 aliphatic rings. The molecular weight excluding hydrogens is 300 g/mol. The highest BCUT2D eigenvalue weighted by Gasteiger charge is 2.17. The number of nitrogens with zero attached hydrogens (tertiary/aromatic N) is 1. The van der Waals surface area contributed by atoms with E-state index in [1.54, 1.807) is 11.9 Å². The Hall–Kier alpha value is -0.100. The summed E-state index contributed by atoms with van der Waals surface area (Å²) in [5.74, 6) is 0.0184. The average Bonchev–Trinajstić information content (AvgIpc) is 2.61. The van der Waals surface area contributed by atoms with Crippen LogP contribution in [0.25, 0.3) is 0 Å². The zero-order valence-electron chi connectivity index (χ0n) is 8.57. The number of carbonyl (C=O) groups is 1. The van der Waals surface area contributed by atoms with Crippen molar-refractivity contribution in [3.8, 4) is 0 Å². The van der Waals surface area contributed by atoms with Crippen LogP contribution in [0.2, 0.25) is 0 Å². The van der Waals surface area contributed by atoms with Crippen molar-refractivity contribution >= 4 is 45.6 Å². The lowest BCUT2D eigenvalue weighted by atomic mass is 10.2. The van der Waals surface area contributed by atoms with E-state index in [0.717, 1.165) is 3.79 Å². The Morgan fingerprint density at radius 1 is 1.73 bits per heavy atom. The number of halogens is 2. The van der Waals surface area contributed by atoms with E-state index < -0.39 is 0 Å². The molecule has 1 aromatic heterocycles. The van der Waals surface area contributed by atoms with E-state index in [4.69, 9.17) is 5.73 Å². The fourth-order valence-corrected chi connectivity index (χ4v) is 2.11. The van der Waals surface area contributed by atoms with Gasteiger partial charge in [0, 0.05) is 25.0 Å². The molecule has 2 N–H and O–H groups in total. The Bertz CT molecular complexity index is 332. The molecule has 86 valence electrons. The molecule has 1 atom stereocenters. The quantitative estimate of drug-likeness (QED) is 0.931. The normalized spacial score (nSPS) is 11.7. The second-order valence-corrected chi connectivity index (χ2v) is 5.43. The number of hydrogen-bond donors (Lipinski definition) is 1. The second kappa shape index (κ2) is 6.48. The molecule has 6 heteroatoms. The molecule has 0 spiro atoms. The molecule has 1 heterocycles. The summed E-state index contributed by atoms with van der Waals surface area (Å²) in [7, 11) is 1.77. The molecule has 0 radical (unpaired) electrons. The average molecular weight is 314 g/mol. The third kappa shape index (κ3) is 3.75. The minimum absolute atomic E-state index is 0. The van der Waals surface area contributed by atoms with Gasteiger partial charge >= 0.3 is 0 Å². The minimum Gasteiger partial charge on any atom is -0.338 e. The Morgan fingerprint density at radius 2 is 2.33 bits per heavy atom. The van der Waals surface area contributed by atoms with Crippen LogP contribution in [-0.4, -0.2) is 30.4 Å². The number of rotatable bonds is 3. The maximum atomic E-state index is 11.8. The Morgan fingerprint density at radius 3 is 2.73 bits per heavy atom. The standard InChI is InChI=1S/C9H13BrN2OS.ClH/c1-6(4-11)12(2)9(13)7-3-8(10)14-5-7;/h3,5-6H,4,11H2,1-2H3;1H. The summed E-state index contributed by atoms with van der Waals surface area (Å²) < 4.78 is 0.967. The Labute approximate surface area is 108 Å². The monoisotopic (exact) mass is 312 g/mol. The van der Waals surface area contributed by atoms with Crippen LogP contribution in [0.3, 0.4) is 0 Å². The van der Waals surface area contributed by atoms with Gasteiger partial charge in [0.1, 0.15) is 0 Å². The van der Waals surface area contributed by atoms with Gasteiger partial charge in [0.2, 0.25) is 0 Å². The molecule has 0 fully saturated rings. The number of nitrogens with two attached hydrogens (primary N) is 1. The second-order valence-electron chi connectivity index (χ2n) is 3.14. The molecule has 0 bridgehead atoms. The molecule has 0 aromatic carbocycles. The number of carbonyl (C=O) groups excluding carboxylic acids is 1. The van der Waals surface area contributed by atoms with Gasteiger partial charge in [-0.15, -0.1) is 23.7 Å². The summed E-state index contributed by atoms with van der Waals surface area (Å²) in [4.78, 5) is 13.5. The summed E-state index contributed by atoms with van der Waals surface area (Å²) in [6.07, 6.45) is 0. The van der Waals surface area contributed by atoms with Crippen LogP contribution in [-0.2, 0) is 0 Å². The van der Waals surface area contributed by atoms with E-state index in [1.165, 1.54) is 11.3 Å². The highest BCUT2D eigenvalue weighted by atomic mass is 79.9. The first-order chi connectivity index (χ1) is 6.56. The Balaban J connectivity index is 0.00000196. The predicted molar refractivity (Wildman–Crippen MR) is 69.9 cm³/mol. The SMILES string of the molecule is CC(CN)N(C)C(=O)c1csc(Br)c1.Cl. The number of thiophene rings is 1.